The van der Waals surface area contributed by atoms with E-state index in [1.54, 1.807) is 6.92 Å². The number of amides is 2. The predicted molar refractivity (Wildman–Crippen MR) is 103 cm³/mol. The summed E-state index contributed by atoms with van der Waals surface area (Å²) in [4.78, 5) is 30.2. The first-order valence-electron chi connectivity index (χ1n) is 9.80. The SMILES string of the molecule is CC(=O)N1CCN(C(=O)CN(Cc2ccc(C(C)C)cc2)C2CC2)CC1. The Bertz CT molecular complexity index is 629. The second-order valence-electron chi connectivity index (χ2n) is 7.92. The van der Waals surface area contributed by atoms with Gasteiger partial charge >= 0.3 is 0 Å². The van der Waals surface area contributed by atoms with Crippen molar-refractivity contribution < 1.29 is 9.59 Å². The number of carbonyl (C=O) groups excluding carboxylic acids is 2. The molecule has 2 amide bonds. The summed E-state index contributed by atoms with van der Waals surface area (Å²) < 4.78 is 0. The van der Waals surface area contributed by atoms with Gasteiger partial charge < -0.3 is 9.80 Å². The fraction of sp³-hybridized carbons (Fsp3) is 0.619. The molecule has 0 unspecified atom stereocenters. The lowest BCUT2D eigenvalue weighted by atomic mass is 10.0. The number of hydrogen-bond acceptors (Lipinski definition) is 3. The Morgan fingerprint density at radius 2 is 1.62 bits per heavy atom. The molecule has 1 aromatic rings. The maximum absolute atomic E-state index is 12.7. The average Bonchev–Trinajstić information content (AvgIpc) is 3.46. The molecule has 26 heavy (non-hydrogen) atoms. The van der Waals surface area contributed by atoms with Gasteiger partial charge in [-0.05, 0) is 29.9 Å². The highest BCUT2D eigenvalue weighted by Gasteiger charge is 2.32. The Labute approximate surface area is 156 Å². The van der Waals surface area contributed by atoms with Crippen molar-refractivity contribution in [3.8, 4) is 0 Å². The number of hydrogen-bond donors (Lipinski definition) is 0. The van der Waals surface area contributed by atoms with Crippen molar-refractivity contribution in [3.63, 3.8) is 0 Å². The largest absolute Gasteiger partial charge is 0.339 e. The van der Waals surface area contributed by atoms with Crippen LogP contribution in [-0.2, 0) is 16.1 Å². The monoisotopic (exact) mass is 357 g/mol. The average molecular weight is 357 g/mol. The number of nitrogens with zero attached hydrogens (tertiary/aromatic N) is 3. The zero-order valence-corrected chi connectivity index (χ0v) is 16.3. The highest BCUT2D eigenvalue weighted by molar-refractivity contribution is 5.79. The Balaban J connectivity index is 1.55. The first-order chi connectivity index (χ1) is 12.4. The third-order valence-corrected chi connectivity index (χ3v) is 5.51. The molecule has 0 N–H and O–H groups in total. The molecule has 0 bridgehead atoms. The van der Waals surface area contributed by atoms with E-state index in [9.17, 15) is 9.59 Å². The Morgan fingerprint density at radius 1 is 1.04 bits per heavy atom. The molecule has 2 fully saturated rings. The number of piperazine rings is 1. The summed E-state index contributed by atoms with van der Waals surface area (Å²) in [6, 6.07) is 9.34. The Hall–Kier alpha value is -1.88. The minimum atomic E-state index is 0.0987. The van der Waals surface area contributed by atoms with Gasteiger partial charge in [-0.25, -0.2) is 0 Å². The Kier molecular flexibility index (Phi) is 5.97. The molecule has 1 aliphatic carbocycles. The fourth-order valence-corrected chi connectivity index (χ4v) is 3.54. The van der Waals surface area contributed by atoms with Crippen LogP contribution in [-0.4, -0.2) is 65.3 Å². The van der Waals surface area contributed by atoms with Crippen LogP contribution >= 0.6 is 0 Å². The Morgan fingerprint density at radius 3 is 2.12 bits per heavy atom. The van der Waals surface area contributed by atoms with Crippen LogP contribution in [0.15, 0.2) is 24.3 Å². The van der Waals surface area contributed by atoms with Gasteiger partial charge in [0, 0.05) is 45.7 Å². The fourth-order valence-electron chi connectivity index (χ4n) is 3.54. The predicted octanol–water partition coefficient (Wildman–Crippen LogP) is 2.47. The third kappa shape index (κ3) is 4.85. The van der Waals surface area contributed by atoms with Gasteiger partial charge in [0.25, 0.3) is 0 Å². The normalized spacial score (nSPS) is 17.9. The van der Waals surface area contributed by atoms with Gasteiger partial charge in [-0.2, -0.15) is 0 Å². The number of rotatable bonds is 6. The molecule has 1 saturated heterocycles. The molecule has 1 heterocycles. The number of benzene rings is 1. The molecular weight excluding hydrogens is 326 g/mol. The smallest absolute Gasteiger partial charge is 0.236 e. The van der Waals surface area contributed by atoms with Gasteiger partial charge in [-0.3, -0.25) is 14.5 Å². The van der Waals surface area contributed by atoms with Crippen LogP contribution < -0.4 is 0 Å². The van der Waals surface area contributed by atoms with Crippen LogP contribution in [0, 0.1) is 0 Å². The molecule has 0 radical (unpaired) electrons. The highest BCUT2D eigenvalue weighted by Crippen LogP contribution is 2.28. The molecule has 1 aromatic carbocycles. The number of carbonyl (C=O) groups is 2. The molecule has 1 saturated carbocycles. The molecule has 1 aliphatic heterocycles. The van der Waals surface area contributed by atoms with Crippen LogP contribution in [0.25, 0.3) is 0 Å². The van der Waals surface area contributed by atoms with Gasteiger partial charge in [0.05, 0.1) is 6.54 Å². The quantitative estimate of drug-likeness (QED) is 0.786. The molecule has 5 heteroatoms. The van der Waals surface area contributed by atoms with Gasteiger partial charge in [0.2, 0.25) is 11.8 Å². The van der Waals surface area contributed by atoms with Crippen molar-refractivity contribution in [2.75, 3.05) is 32.7 Å². The lowest BCUT2D eigenvalue weighted by molar-refractivity contribution is -0.139. The lowest BCUT2D eigenvalue weighted by Gasteiger charge is -2.35. The van der Waals surface area contributed by atoms with Gasteiger partial charge in [-0.15, -0.1) is 0 Å². The summed E-state index contributed by atoms with van der Waals surface area (Å²) in [6.07, 6.45) is 2.38. The van der Waals surface area contributed by atoms with Crippen LogP contribution in [0.4, 0.5) is 0 Å². The highest BCUT2D eigenvalue weighted by atomic mass is 16.2. The minimum absolute atomic E-state index is 0.0987. The van der Waals surface area contributed by atoms with Crippen molar-refractivity contribution in [2.45, 2.75) is 52.1 Å². The van der Waals surface area contributed by atoms with Crippen molar-refractivity contribution in [1.82, 2.24) is 14.7 Å². The molecule has 142 valence electrons. The zero-order chi connectivity index (χ0) is 18.7. The van der Waals surface area contributed by atoms with E-state index in [2.05, 4.69) is 43.0 Å². The van der Waals surface area contributed by atoms with Crippen LogP contribution in [0.5, 0.6) is 0 Å². The van der Waals surface area contributed by atoms with Gasteiger partial charge in [0.1, 0.15) is 0 Å². The van der Waals surface area contributed by atoms with Crippen molar-refractivity contribution in [3.05, 3.63) is 35.4 Å². The molecule has 2 aliphatic rings. The summed E-state index contributed by atoms with van der Waals surface area (Å²) >= 11 is 0. The van der Waals surface area contributed by atoms with E-state index in [1.165, 1.54) is 24.0 Å². The van der Waals surface area contributed by atoms with Gasteiger partial charge in [-0.1, -0.05) is 38.1 Å². The summed E-state index contributed by atoms with van der Waals surface area (Å²) in [5.41, 5.74) is 2.63. The second-order valence-corrected chi connectivity index (χ2v) is 7.92. The second kappa shape index (κ2) is 8.21. The minimum Gasteiger partial charge on any atom is -0.339 e. The summed E-state index contributed by atoms with van der Waals surface area (Å²) in [5.74, 6) is 0.833. The zero-order valence-electron chi connectivity index (χ0n) is 16.3. The van der Waals surface area contributed by atoms with E-state index in [0.29, 0.717) is 44.7 Å². The first-order valence-corrected chi connectivity index (χ1v) is 9.80. The van der Waals surface area contributed by atoms with Crippen molar-refractivity contribution in [2.24, 2.45) is 0 Å². The molecule has 0 aromatic heterocycles. The van der Waals surface area contributed by atoms with E-state index in [0.717, 1.165) is 6.54 Å². The van der Waals surface area contributed by atoms with Crippen LogP contribution in [0.2, 0.25) is 0 Å². The van der Waals surface area contributed by atoms with Crippen LogP contribution in [0.3, 0.4) is 0 Å². The van der Waals surface area contributed by atoms with E-state index in [-0.39, 0.29) is 11.8 Å². The van der Waals surface area contributed by atoms with E-state index >= 15 is 0 Å². The summed E-state index contributed by atoms with van der Waals surface area (Å²) in [7, 11) is 0. The standard InChI is InChI=1S/C21H31N3O2/c1-16(2)19-6-4-18(5-7-19)14-24(20-8-9-20)15-21(26)23-12-10-22(11-13-23)17(3)25/h4-7,16,20H,8-15H2,1-3H3. The maximum atomic E-state index is 12.7. The van der Waals surface area contributed by atoms with E-state index < -0.39 is 0 Å². The van der Waals surface area contributed by atoms with E-state index in [4.69, 9.17) is 0 Å². The first kappa shape index (κ1) is 18.9. The molecule has 0 spiro atoms. The topological polar surface area (TPSA) is 43.9 Å². The molecule has 3 rings (SSSR count). The molecule has 0 atom stereocenters. The molecular formula is C21H31N3O2. The lowest BCUT2D eigenvalue weighted by Crippen LogP contribution is -2.52. The molecule has 5 nitrogen and oxygen atoms in total. The summed E-state index contributed by atoms with van der Waals surface area (Å²) in [6.45, 7) is 9.93. The third-order valence-electron chi connectivity index (χ3n) is 5.51. The summed E-state index contributed by atoms with van der Waals surface area (Å²) in [5, 5.41) is 0. The maximum Gasteiger partial charge on any atom is 0.236 e. The van der Waals surface area contributed by atoms with Crippen molar-refractivity contribution in [1.29, 1.82) is 0 Å². The van der Waals surface area contributed by atoms with E-state index in [1.807, 2.05) is 9.80 Å². The van der Waals surface area contributed by atoms with Gasteiger partial charge in [0.15, 0.2) is 0 Å². The van der Waals surface area contributed by atoms with Crippen molar-refractivity contribution >= 4 is 11.8 Å². The van der Waals surface area contributed by atoms with Crippen LogP contribution in [0.1, 0.15) is 50.7 Å².